The summed E-state index contributed by atoms with van der Waals surface area (Å²) in [5.41, 5.74) is 1.88. The van der Waals surface area contributed by atoms with Gasteiger partial charge in [0.25, 0.3) is 0 Å². The zero-order valence-corrected chi connectivity index (χ0v) is 18.6. The smallest absolute Gasteiger partial charge is 0.156 e. The third-order valence-electron chi connectivity index (χ3n) is 7.15. The maximum Gasteiger partial charge on any atom is 0.156 e. The molecular formula is C22H29N5O3S. The minimum absolute atomic E-state index is 0.130. The lowest BCUT2D eigenvalue weighted by Crippen LogP contribution is -2.49. The van der Waals surface area contributed by atoms with Gasteiger partial charge in [-0.2, -0.15) is 10.2 Å². The Morgan fingerprint density at radius 2 is 2.03 bits per heavy atom. The lowest BCUT2D eigenvalue weighted by molar-refractivity contribution is 0.0156. The first-order valence-electron chi connectivity index (χ1n) is 11.1. The van der Waals surface area contributed by atoms with E-state index in [1.165, 1.54) is 0 Å². The summed E-state index contributed by atoms with van der Waals surface area (Å²) in [4.78, 5) is 9.79. The topological polar surface area (TPSA) is 101 Å². The van der Waals surface area contributed by atoms with Gasteiger partial charge in [0.15, 0.2) is 10.7 Å². The molecule has 1 aliphatic carbocycles. The summed E-state index contributed by atoms with van der Waals surface area (Å²) in [6, 6.07) is 2.04. The Hall–Kier alpha value is -2.10. The quantitative estimate of drug-likeness (QED) is 0.585. The van der Waals surface area contributed by atoms with Crippen LogP contribution in [0.2, 0.25) is 0 Å². The number of ether oxygens (including phenoxy) is 1. The highest BCUT2D eigenvalue weighted by molar-refractivity contribution is 7.73. The summed E-state index contributed by atoms with van der Waals surface area (Å²) < 4.78 is 30.0. The molecule has 31 heavy (non-hydrogen) atoms. The second kappa shape index (κ2) is 8.80. The lowest BCUT2D eigenvalue weighted by atomic mass is 9.79. The molecule has 0 radical (unpaired) electrons. The number of piperidine rings is 1. The van der Waals surface area contributed by atoms with Crippen LogP contribution in [0.5, 0.6) is 0 Å². The van der Waals surface area contributed by atoms with Crippen LogP contribution in [0.15, 0.2) is 24.7 Å². The molecule has 3 aromatic heterocycles. The van der Waals surface area contributed by atoms with E-state index < -0.39 is 16.1 Å². The molecule has 9 heteroatoms. The van der Waals surface area contributed by atoms with Crippen molar-refractivity contribution in [3.8, 4) is 0 Å². The number of H-pyrrole nitrogens is 1. The number of hydrogen-bond acceptors (Lipinski definition) is 7. The molecule has 0 bridgehead atoms. The van der Waals surface area contributed by atoms with Gasteiger partial charge in [0.1, 0.15) is 11.0 Å². The molecule has 0 amide bonds. The first-order chi connectivity index (χ1) is 15.2. The molecule has 1 saturated heterocycles. The van der Waals surface area contributed by atoms with Crippen molar-refractivity contribution < 1.29 is 13.2 Å². The Morgan fingerprint density at radius 1 is 1.19 bits per heavy atom. The lowest BCUT2D eigenvalue weighted by Gasteiger charge is -2.40. The van der Waals surface area contributed by atoms with Crippen molar-refractivity contribution in [1.82, 2.24) is 25.1 Å². The van der Waals surface area contributed by atoms with Gasteiger partial charge in [-0.15, -0.1) is 0 Å². The number of methoxy groups -OCH3 is 1. The van der Waals surface area contributed by atoms with Gasteiger partial charge in [0, 0.05) is 48.1 Å². The van der Waals surface area contributed by atoms with Crippen LogP contribution in [0, 0.1) is 5.92 Å². The number of aromatic nitrogens is 4. The fraction of sp³-hybridized carbons (Fsp3) is 0.591. The van der Waals surface area contributed by atoms with Crippen molar-refractivity contribution in [2.75, 3.05) is 20.2 Å². The van der Waals surface area contributed by atoms with Crippen LogP contribution in [0.3, 0.4) is 0 Å². The van der Waals surface area contributed by atoms with E-state index >= 15 is 0 Å². The van der Waals surface area contributed by atoms with Gasteiger partial charge >= 0.3 is 0 Å². The Kier molecular flexibility index (Phi) is 5.90. The highest BCUT2D eigenvalue weighted by Crippen LogP contribution is 2.41. The number of pyridine rings is 1. The monoisotopic (exact) mass is 443 g/mol. The van der Waals surface area contributed by atoms with Crippen LogP contribution in [0.25, 0.3) is 21.8 Å². The third-order valence-corrected chi connectivity index (χ3v) is 8.33. The summed E-state index contributed by atoms with van der Waals surface area (Å²) in [5, 5.41) is 11.6. The molecule has 1 aliphatic heterocycles. The average molecular weight is 444 g/mol. The minimum atomic E-state index is -2.52. The standard InChI is InChI=1S/C22H29N5O3S/c1-30-17-3-2-10-27(13-17)22(31(28)29)15-6-4-14(5-7-15)20-19-16(12-25-26-20)11-24-21-18(19)8-9-23-21/h8-9,11-12,14-15,17,22,31H,2-7,10,13H2,1H3,(H,23,24). The molecule has 1 saturated carbocycles. The highest BCUT2D eigenvalue weighted by atomic mass is 32.2. The first kappa shape index (κ1) is 20.8. The molecule has 2 unspecified atom stereocenters. The highest BCUT2D eigenvalue weighted by Gasteiger charge is 2.36. The van der Waals surface area contributed by atoms with Crippen LogP contribution in [-0.4, -0.2) is 65.2 Å². The fourth-order valence-electron chi connectivity index (χ4n) is 5.59. The number of aromatic amines is 1. The number of fused-ring (bicyclic) bond motifs is 3. The minimum Gasteiger partial charge on any atom is -0.380 e. The normalized spacial score (nSPS) is 26.6. The van der Waals surface area contributed by atoms with Gasteiger partial charge in [-0.1, -0.05) is 0 Å². The van der Waals surface area contributed by atoms with Gasteiger partial charge in [-0.05, 0) is 57.1 Å². The molecule has 2 fully saturated rings. The van der Waals surface area contributed by atoms with E-state index in [2.05, 4.69) is 25.1 Å². The van der Waals surface area contributed by atoms with Gasteiger partial charge in [-0.25, -0.2) is 13.4 Å². The SMILES string of the molecule is COC1CCCN(C(C2CCC(c3nncc4cnc5[nH]ccc5c34)CC2)[SH](=O)=O)C1. The largest absolute Gasteiger partial charge is 0.380 e. The van der Waals surface area contributed by atoms with Gasteiger partial charge < -0.3 is 9.72 Å². The summed E-state index contributed by atoms with van der Waals surface area (Å²) in [6.07, 6.45) is 11.2. The molecule has 5 rings (SSSR count). The summed E-state index contributed by atoms with van der Waals surface area (Å²) in [7, 11) is -0.802. The molecule has 1 N–H and O–H groups in total. The van der Waals surface area contributed by atoms with Crippen LogP contribution in [0.1, 0.15) is 50.1 Å². The third kappa shape index (κ3) is 3.94. The predicted octanol–water partition coefficient (Wildman–Crippen LogP) is 2.83. The van der Waals surface area contributed by atoms with E-state index in [0.29, 0.717) is 6.54 Å². The van der Waals surface area contributed by atoms with E-state index in [0.717, 1.165) is 72.6 Å². The van der Waals surface area contributed by atoms with Crippen molar-refractivity contribution in [1.29, 1.82) is 0 Å². The number of nitrogens with one attached hydrogen (secondary N) is 1. The predicted molar refractivity (Wildman–Crippen MR) is 120 cm³/mol. The van der Waals surface area contributed by atoms with E-state index in [-0.39, 0.29) is 17.9 Å². The summed E-state index contributed by atoms with van der Waals surface area (Å²) in [6.45, 7) is 1.54. The molecular weight excluding hydrogens is 414 g/mol. The zero-order valence-electron chi connectivity index (χ0n) is 17.7. The van der Waals surface area contributed by atoms with Gasteiger partial charge in [0.2, 0.25) is 0 Å². The number of rotatable bonds is 5. The van der Waals surface area contributed by atoms with Crippen LogP contribution in [-0.2, 0) is 15.4 Å². The Labute approximate surface area is 183 Å². The van der Waals surface area contributed by atoms with Crippen LogP contribution < -0.4 is 0 Å². The molecule has 0 aromatic carbocycles. The zero-order chi connectivity index (χ0) is 21.4. The molecule has 0 spiro atoms. The van der Waals surface area contributed by atoms with Crippen LogP contribution in [0.4, 0.5) is 0 Å². The average Bonchev–Trinajstić information content (AvgIpc) is 3.28. The maximum atomic E-state index is 12.3. The van der Waals surface area contributed by atoms with E-state index in [1.54, 1.807) is 13.3 Å². The molecule has 166 valence electrons. The van der Waals surface area contributed by atoms with Crippen molar-refractivity contribution in [3.63, 3.8) is 0 Å². The maximum absolute atomic E-state index is 12.3. The van der Waals surface area contributed by atoms with Gasteiger partial charge in [0.05, 0.1) is 18.0 Å². The molecule has 2 atom stereocenters. The van der Waals surface area contributed by atoms with E-state index in [4.69, 9.17) is 4.74 Å². The molecule has 8 nitrogen and oxygen atoms in total. The summed E-state index contributed by atoms with van der Waals surface area (Å²) >= 11 is 0. The number of hydrogen-bond donors (Lipinski definition) is 2. The molecule has 3 aromatic rings. The Balaban J connectivity index is 1.37. The number of nitrogens with zero attached hydrogens (tertiary/aromatic N) is 4. The van der Waals surface area contributed by atoms with Crippen molar-refractivity contribution in [2.45, 2.75) is 55.9 Å². The van der Waals surface area contributed by atoms with E-state index in [1.807, 2.05) is 18.5 Å². The fourth-order valence-corrected chi connectivity index (χ4v) is 6.71. The van der Waals surface area contributed by atoms with Crippen LogP contribution >= 0.6 is 0 Å². The number of likely N-dealkylation sites (tertiary alicyclic amines) is 1. The molecule has 4 heterocycles. The van der Waals surface area contributed by atoms with Crippen molar-refractivity contribution in [3.05, 3.63) is 30.4 Å². The number of thiol groups is 1. The van der Waals surface area contributed by atoms with Crippen molar-refractivity contribution >= 4 is 32.5 Å². The van der Waals surface area contributed by atoms with Gasteiger partial charge in [-0.3, -0.25) is 4.90 Å². The van der Waals surface area contributed by atoms with E-state index in [9.17, 15) is 8.42 Å². The summed E-state index contributed by atoms with van der Waals surface area (Å²) in [5.74, 6) is 0.441. The Bertz CT molecular complexity index is 1130. The molecule has 2 aliphatic rings. The Morgan fingerprint density at radius 3 is 2.81 bits per heavy atom. The second-order valence-electron chi connectivity index (χ2n) is 8.86. The second-order valence-corrected chi connectivity index (χ2v) is 9.96. The first-order valence-corrected chi connectivity index (χ1v) is 12.4. The van der Waals surface area contributed by atoms with Crippen molar-refractivity contribution in [2.24, 2.45) is 5.92 Å².